The van der Waals surface area contributed by atoms with Gasteiger partial charge in [0.05, 0.1) is 17.9 Å². The van der Waals surface area contributed by atoms with Crippen LogP contribution in [0.4, 0.5) is 0 Å². The van der Waals surface area contributed by atoms with Crippen LogP contribution in [0.3, 0.4) is 0 Å². The maximum Gasteiger partial charge on any atom is 0.0761 e. The zero-order valence-electron chi connectivity index (χ0n) is 11.8. The smallest absolute Gasteiger partial charge is 0.0761 e. The Labute approximate surface area is 105 Å². The number of aryl methyl sites for hydroxylation is 1. The lowest BCUT2D eigenvalue weighted by atomic mass is 9.84. The van der Waals surface area contributed by atoms with E-state index in [2.05, 4.69) is 50.2 Å². The van der Waals surface area contributed by atoms with Crippen LogP contribution >= 0.6 is 0 Å². The van der Waals surface area contributed by atoms with Crippen molar-refractivity contribution in [2.45, 2.75) is 60.0 Å². The van der Waals surface area contributed by atoms with Crippen molar-refractivity contribution >= 4 is 0 Å². The average Bonchev–Trinajstić information content (AvgIpc) is 2.66. The van der Waals surface area contributed by atoms with E-state index < -0.39 is 0 Å². The second-order valence-electron chi connectivity index (χ2n) is 5.64. The van der Waals surface area contributed by atoms with Crippen LogP contribution < -0.4 is 5.32 Å². The van der Waals surface area contributed by atoms with Crippen LogP contribution in [0, 0.1) is 5.41 Å². The first kappa shape index (κ1) is 14.2. The molecule has 0 amide bonds. The van der Waals surface area contributed by atoms with Gasteiger partial charge < -0.3 is 5.32 Å². The predicted octanol–water partition coefficient (Wildman–Crippen LogP) is 2.77. The molecule has 0 aliphatic rings. The first-order chi connectivity index (χ1) is 8.00. The van der Waals surface area contributed by atoms with Gasteiger partial charge in [-0.15, -0.1) is 5.10 Å². The van der Waals surface area contributed by atoms with Crippen molar-refractivity contribution in [3.8, 4) is 0 Å². The lowest BCUT2D eigenvalue weighted by Gasteiger charge is -2.31. The molecule has 4 nitrogen and oxygen atoms in total. The number of aromatic nitrogens is 3. The van der Waals surface area contributed by atoms with E-state index >= 15 is 0 Å². The Morgan fingerprint density at radius 1 is 1.29 bits per heavy atom. The predicted molar refractivity (Wildman–Crippen MR) is 70.8 cm³/mol. The lowest BCUT2D eigenvalue weighted by Crippen LogP contribution is -2.34. The van der Waals surface area contributed by atoms with Crippen LogP contribution in [0.2, 0.25) is 0 Å². The van der Waals surface area contributed by atoms with Gasteiger partial charge in [-0.2, -0.15) is 0 Å². The third kappa shape index (κ3) is 3.80. The third-order valence-electron chi connectivity index (χ3n) is 2.84. The van der Waals surface area contributed by atoms with Crippen LogP contribution in [0.1, 0.15) is 59.2 Å². The molecule has 0 saturated carbocycles. The molecule has 1 N–H and O–H groups in total. The first-order valence-electron chi connectivity index (χ1n) is 6.62. The largest absolute Gasteiger partial charge is 0.308 e. The summed E-state index contributed by atoms with van der Waals surface area (Å²) in [7, 11) is 0. The highest BCUT2D eigenvalue weighted by molar-refractivity contribution is 5.06. The Hall–Kier alpha value is -0.900. The molecule has 0 saturated heterocycles. The standard InChI is InChI=1S/C13H26N4/c1-6-8-14-12(13(3,4)5)11-10-15-16-17(11)9-7-2/h10,12,14H,6-9H2,1-5H3. The quantitative estimate of drug-likeness (QED) is 0.828. The van der Waals surface area contributed by atoms with Crippen molar-refractivity contribution in [1.29, 1.82) is 0 Å². The Morgan fingerprint density at radius 3 is 2.53 bits per heavy atom. The van der Waals surface area contributed by atoms with E-state index in [9.17, 15) is 0 Å². The summed E-state index contributed by atoms with van der Waals surface area (Å²) < 4.78 is 2.03. The normalized spacial score (nSPS) is 13.9. The van der Waals surface area contributed by atoms with E-state index in [1.165, 1.54) is 5.69 Å². The van der Waals surface area contributed by atoms with Gasteiger partial charge in [-0.05, 0) is 24.8 Å². The molecular formula is C13H26N4. The number of hydrogen-bond acceptors (Lipinski definition) is 3. The van der Waals surface area contributed by atoms with E-state index in [4.69, 9.17) is 0 Å². The Morgan fingerprint density at radius 2 is 2.00 bits per heavy atom. The third-order valence-corrected chi connectivity index (χ3v) is 2.84. The molecule has 1 heterocycles. The van der Waals surface area contributed by atoms with Crippen LogP contribution in [-0.4, -0.2) is 21.5 Å². The molecule has 98 valence electrons. The van der Waals surface area contributed by atoms with Crippen molar-refractivity contribution in [1.82, 2.24) is 20.3 Å². The van der Waals surface area contributed by atoms with Crippen molar-refractivity contribution < 1.29 is 0 Å². The summed E-state index contributed by atoms with van der Waals surface area (Å²) in [5.41, 5.74) is 1.37. The fourth-order valence-corrected chi connectivity index (χ4v) is 2.02. The molecule has 0 aliphatic heterocycles. The average molecular weight is 238 g/mol. The minimum Gasteiger partial charge on any atom is -0.308 e. The van der Waals surface area contributed by atoms with Crippen LogP contribution in [0.15, 0.2) is 6.20 Å². The summed E-state index contributed by atoms with van der Waals surface area (Å²) in [6, 6.07) is 0.309. The number of nitrogens with one attached hydrogen (secondary N) is 1. The van der Waals surface area contributed by atoms with Gasteiger partial charge in [0.2, 0.25) is 0 Å². The molecule has 0 bridgehead atoms. The fourth-order valence-electron chi connectivity index (χ4n) is 2.02. The monoisotopic (exact) mass is 238 g/mol. The van der Waals surface area contributed by atoms with Gasteiger partial charge >= 0.3 is 0 Å². The van der Waals surface area contributed by atoms with E-state index in [-0.39, 0.29) is 5.41 Å². The molecule has 0 fully saturated rings. The molecule has 17 heavy (non-hydrogen) atoms. The first-order valence-corrected chi connectivity index (χ1v) is 6.62. The van der Waals surface area contributed by atoms with Crippen molar-refractivity contribution in [2.75, 3.05) is 6.54 Å². The number of rotatable bonds is 6. The summed E-state index contributed by atoms with van der Waals surface area (Å²) in [6.45, 7) is 13.1. The van der Waals surface area contributed by atoms with E-state index in [0.29, 0.717) is 6.04 Å². The van der Waals surface area contributed by atoms with Crippen molar-refractivity contribution in [3.63, 3.8) is 0 Å². The molecule has 1 unspecified atom stereocenters. The molecule has 1 aromatic heterocycles. The minimum absolute atomic E-state index is 0.169. The molecule has 1 atom stereocenters. The summed E-state index contributed by atoms with van der Waals surface area (Å²) >= 11 is 0. The van der Waals surface area contributed by atoms with Gasteiger partial charge in [-0.3, -0.25) is 0 Å². The highest BCUT2D eigenvalue weighted by Crippen LogP contribution is 2.32. The maximum absolute atomic E-state index is 4.18. The summed E-state index contributed by atoms with van der Waals surface area (Å²) in [6.07, 6.45) is 4.12. The molecule has 4 heteroatoms. The lowest BCUT2D eigenvalue weighted by molar-refractivity contribution is 0.258. The molecule has 0 radical (unpaired) electrons. The highest BCUT2D eigenvalue weighted by Gasteiger charge is 2.28. The topological polar surface area (TPSA) is 42.7 Å². The van der Waals surface area contributed by atoms with E-state index in [0.717, 1.165) is 25.9 Å². The zero-order valence-corrected chi connectivity index (χ0v) is 11.8. The summed E-state index contributed by atoms with van der Waals surface area (Å²) in [4.78, 5) is 0. The van der Waals surface area contributed by atoms with Crippen LogP contribution in [-0.2, 0) is 6.54 Å². The van der Waals surface area contributed by atoms with Crippen LogP contribution in [0.5, 0.6) is 0 Å². The molecule has 1 rings (SSSR count). The SMILES string of the molecule is CCCNC(c1cnnn1CCC)C(C)(C)C. The van der Waals surface area contributed by atoms with Crippen LogP contribution in [0.25, 0.3) is 0 Å². The molecule has 0 aliphatic carbocycles. The van der Waals surface area contributed by atoms with Crippen molar-refractivity contribution in [3.05, 3.63) is 11.9 Å². The van der Waals surface area contributed by atoms with Gasteiger partial charge in [0.1, 0.15) is 0 Å². The van der Waals surface area contributed by atoms with Crippen molar-refractivity contribution in [2.24, 2.45) is 5.41 Å². The zero-order chi connectivity index (χ0) is 12.9. The highest BCUT2D eigenvalue weighted by atomic mass is 15.4. The Bertz CT molecular complexity index is 324. The Balaban J connectivity index is 2.91. The second kappa shape index (κ2) is 6.15. The second-order valence-corrected chi connectivity index (χ2v) is 5.64. The molecular weight excluding hydrogens is 212 g/mol. The van der Waals surface area contributed by atoms with Gasteiger partial charge in [-0.25, -0.2) is 4.68 Å². The van der Waals surface area contributed by atoms with E-state index in [1.807, 2.05) is 10.9 Å². The maximum atomic E-state index is 4.18. The number of nitrogens with zero attached hydrogens (tertiary/aromatic N) is 3. The molecule has 0 spiro atoms. The minimum atomic E-state index is 0.169. The Kier molecular flexibility index (Phi) is 5.12. The molecule has 0 aromatic carbocycles. The summed E-state index contributed by atoms with van der Waals surface area (Å²) in [5.74, 6) is 0. The molecule has 1 aromatic rings. The van der Waals surface area contributed by atoms with Gasteiger partial charge in [0, 0.05) is 6.54 Å². The van der Waals surface area contributed by atoms with Gasteiger partial charge in [0.15, 0.2) is 0 Å². The van der Waals surface area contributed by atoms with Gasteiger partial charge in [0.25, 0.3) is 0 Å². The number of hydrogen-bond donors (Lipinski definition) is 1. The fraction of sp³-hybridized carbons (Fsp3) is 0.846. The summed E-state index contributed by atoms with van der Waals surface area (Å²) in [5, 5.41) is 11.8. The van der Waals surface area contributed by atoms with E-state index in [1.54, 1.807) is 0 Å². The van der Waals surface area contributed by atoms with Gasteiger partial charge in [-0.1, -0.05) is 39.8 Å².